The van der Waals surface area contributed by atoms with E-state index in [0.29, 0.717) is 0 Å². The Balaban J connectivity index is 2.17. The van der Waals surface area contributed by atoms with E-state index in [1.807, 2.05) is 55.6 Å². The summed E-state index contributed by atoms with van der Waals surface area (Å²) in [5, 5.41) is 6.07. The summed E-state index contributed by atoms with van der Waals surface area (Å²) >= 11 is 0. The third-order valence-electron chi connectivity index (χ3n) is 3.21. The molecule has 104 valence electrons. The molecule has 0 fully saturated rings. The number of rotatable bonds is 5. The van der Waals surface area contributed by atoms with Crippen molar-refractivity contribution in [2.24, 2.45) is 0 Å². The van der Waals surface area contributed by atoms with E-state index in [-0.39, 0.29) is 5.91 Å². The summed E-state index contributed by atoms with van der Waals surface area (Å²) in [5.74, 6) is -0.0518. The van der Waals surface area contributed by atoms with Gasteiger partial charge in [-0.05, 0) is 42.8 Å². The van der Waals surface area contributed by atoms with Crippen molar-refractivity contribution in [1.29, 1.82) is 0 Å². The number of nitrogens with one attached hydrogen (secondary N) is 2. The molecule has 1 amide bonds. The van der Waals surface area contributed by atoms with Crippen LogP contribution in [0, 0.1) is 0 Å². The molecule has 0 radical (unpaired) electrons. The van der Waals surface area contributed by atoms with Crippen molar-refractivity contribution in [1.82, 2.24) is 5.32 Å². The van der Waals surface area contributed by atoms with Crippen LogP contribution in [0.3, 0.4) is 0 Å². The summed E-state index contributed by atoms with van der Waals surface area (Å²) in [6, 6.07) is 15.6. The normalized spacial score (nSPS) is 10.3. The first kappa shape index (κ1) is 14.3. The van der Waals surface area contributed by atoms with Gasteiger partial charge in [-0.25, -0.2) is 0 Å². The van der Waals surface area contributed by atoms with E-state index >= 15 is 0 Å². The highest BCUT2D eigenvalue weighted by Crippen LogP contribution is 2.15. The highest BCUT2D eigenvalue weighted by Gasteiger charge is 2.09. The van der Waals surface area contributed by atoms with Gasteiger partial charge < -0.3 is 10.6 Å². The van der Waals surface area contributed by atoms with Crippen molar-refractivity contribution in [3.8, 4) is 0 Å². The summed E-state index contributed by atoms with van der Waals surface area (Å²) in [5.41, 5.74) is 3.79. The number of benzene rings is 2. The number of carbonyl (C=O) groups excluding carboxylic acids is 1. The molecule has 0 atom stereocenters. The van der Waals surface area contributed by atoms with Crippen molar-refractivity contribution in [2.45, 2.75) is 19.9 Å². The zero-order chi connectivity index (χ0) is 14.4. The SMILES string of the molecule is CCc1ccccc1C(=O)Nc1cccc(CNC)c1. The predicted molar refractivity (Wildman–Crippen MR) is 83.0 cm³/mol. The molecule has 0 aliphatic carbocycles. The van der Waals surface area contributed by atoms with Crippen LogP contribution >= 0.6 is 0 Å². The molecule has 3 nitrogen and oxygen atoms in total. The molecule has 0 heterocycles. The first-order valence-electron chi connectivity index (χ1n) is 6.87. The first-order chi connectivity index (χ1) is 9.74. The van der Waals surface area contributed by atoms with E-state index in [1.54, 1.807) is 0 Å². The molecule has 2 aromatic rings. The number of amides is 1. The summed E-state index contributed by atoms with van der Waals surface area (Å²) in [6.07, 6.45) is 0.851. The van der Waals surface area contributed by atoms with Crippen molar-refractivity contribution in [3.63, 3.8) is 0 Å². The molecule has 20 heavy (non-hydrogen) atoms. The predicted octanol–water partition coefficient (Wildman–Crippen LogP) is 3.22. The van der Waals surface area contributed by atoms with E-state index < -0.39 is 0 Å². The van der Waals surface area contributed by atoms with Crippen LogP contribution in [-0.2, 0) is 13.0 Å². The molecule has 2 aromatic carbocycles. The van der Waals surface area contributed by atoms with Gasteiger partial charge in [0.15, 0.2) is 0 Å². The molecular weight excluding hydrogens is 248 g/mol. The number of hydrogen-bond acceptors (Lipinski definition) is 2. The maximum atomic E-state index is 12.3. The fourth-order valence-electron chi connectivity index (χ4n) is 2.21. The third kappa shape index (κ3) is 3.45. The Bertz CT molecular complexity index is 593. The lowest BCUT2D eigenvalue weighted by atomic mass is 10.0. The fourth-order valence-corrected chi connectivity index (χ4v) is 2.21. The standard InChI is InChI=1S/C17H20N2O/c1-3-14-8-4-5-10-16(14)17(20)19-15-9-6-7-13(11-15)12-18-2/h4-11,18H,3,12H2,1-2H3,(H,19,20). The average Bonchev–Trinajstić information content (AvgIpc) is 2.48. The lowest BCUT2D eigenvalue weighted by Gasteiger charge is -2.10. The van der Waals surface area contributed by atoms with Gasteiger partial charge in [0.1, 0.15) is 0 Å². The molecule has 2 rings (SSSR count). The highest BCUT2D eigenvalue weighted by molar-refractivity contribution is 6.05. The lowest BCUT2D eigenvalue weighted by molar-refractivity contribution is 0.102. The van der Waals surface area contributed by atoms with Crippen LogP contribution in [0.1, 0.15) is 28.4 Å². The lowest BCUT2D eigenvalue weighted by Crippen LogP contribution is -2.14. The van der Waals surface area contributed by atoms with Gasteiger partial charge in [-0.2, -0.15) is 0 Å². The van der Waals surface area contributed by atoms with Crippen molar-refractivity contribution < 1.29 is 4.79 Å². The monoisotopic (exact) mass is 268 g/mol. The number of hydrogen-bond donors (Lipinski definition) is 2. The van der Waals surface area contributed by atoms with Crippen LogP contribution in [0.2, 0.25) is 0 Å². The molecule has 0 aliphatic rings. The minimum atomic E-state index is -0.0518. The van der Waals surface area contributed by atoms with Crippen LogP contribution in [-0.4, -0.2) is 13.0 Å². The summed E-state index contributed by atoms with van der Waals surface area (Å²) in [7, 11) is 1.91. The Labute approximate surface area is 120 Å². The van der Waals surface area contributed by atoms with Crippen LogP contribution in [0.25, 0.3) is 0 Å². The molecule has 2 N–H and O–H groups in total. The smallest absolute Gasteiger partial charge is 0.255 e. The van der Waals surface area contributed by atoms with E-state index in [0.717, 1.165) is 35.3 Å². The van der Waals surface area contributed by atoms with E-state index in [4.69, 9.17) is 0 Å². The Morgan fingerprint density at radius 2 is 1.90 bits per heavy atom. The first-order valence-corrected chi connectivity index (χ1v) is 6.87. The molecule has 0 aromatic heterocycles. The Morgan fingerprint density at radius 1 is 1.10 bits per heavy atom. The second kappa shape index (κ2) is 6.87. The molecule has 0 unspecified atom stereocenters. The van der Waals surface area contributed by atoms with Gasteiger partial charge in [0.2, 0.25) is 0 Å². The van der Waals surface area contributed by atoms with Crippen molar-refractivity contribution >= 4 is 11.6 Å². The Hall–Kier alpha value is -2.13. The molecule has 0 bridgehead atoms. The minimum Gasteiger partial charge on any atom is -0.322 e. The summed E-state index contributed by atoms with van der Waals surface area (Å²) < 4.78 is 0. The highest BCUT2D eigenvalue weighted by atomic mass is 16.1. The van der Waals surface area contributed by atoms with Gasteiger partial charge in [0.25, 0.3) is 5.91 Å². The molecule has 0 aliphatic heterocycles. The minimum absolute atomic E-state index is 0.0518. The second-order valence-electron chi connectivity index (χ2n) is 4.70. The van der Waals surface area contributed by atoms with E-state index in [2.05, 4.69) is 17.6 Å². The molecule has 0 saturated carbocycles. The average molecular weight is 268 g/mol. The fraction of sp³-hybridized carbons (Fsp3) is 0.235. The molecule has 0 spiro atoms. The Kier molecular flexibility index (Phi) is 4.91. The molecule has 0 saturated heterocycles. The number of carbonyl (C=O) groups is 1. The van der Waals surface area contributed by atoms with Gasteiger partial charge in [-0.3, -0.25) is 4.79 Å². The van der Waals surface area contributed by atoms with Gasteiger partial charge >= 0.3 is 0 Å². The summed E-state index contributed by atoms with van der Waals surface area (Å²) in [4.78, 5) is 12.3. The molecular formula is C17H20N2O. The van der Waals surface area contributed by atoms with Crippen molar-refractivity contribution in [3.05, 3.63) is 65.2 Å². The molecule has 3 heteroatoms. The van der Waals surface area contributed by atoms with Gasteiger partial charge in [0, 0.05) is 17.8 Å². The van der Waals surface area contributed by atoms with Crippen LogP contribution in [0.15, 0.2) is 48.5 Å². The quantitative estimate of drug-likeness (QED) is 0.874. The van der Waals surface area contributed by atoms with Crippen molar-refractivity contribution in [2.75, 3.05) is 12.4 Å². The summed E-state index contributed by atoms with van der Waals surface area (Å²) in [6.45, 7) is 2.84. The topological polar surface area (TPSA) is 41.1 Å². The van der Waals surface area contributed by atoms with Crippen LogP contribution in [0.5, 0.6) is 0 Å². The number of aryl methyl sites for hydroxylation is 1. The zero-order valence-electron chi connectivity index (χ0n) is 11.9. The third-order valence-corrected chi connectivity index (χ3v) is 3.21. The maximum absolute atomic E-state index is 12.3. The van der Waals surface area contributed by atoms with Gasteiger partial charge in [0.05, 0.1) is 0 Å². The van der Waals surface area contributed by atoms with Crippen LogP contribution < -0.4 is 10.6 Å². The zero-order valence-corrected chi connectivity index (χ0v) is 11.9. The van der Waals surface area contributed by atoms with Crippen LogP contribution in [0.4, 0.5) is 5.69 Å². The van der Waals surface area contributed by atoms with E-state index in [1.165, 1.54) is 0 Å². The van der Waals surface area contributed by atoms with E-state index in [9.17, 15) is 4.79 Å². The van der Waals surface area contributed by atoms with Gasteiger partial charge in [-0.1, -0.05) is 37.3 Å². The van der Waals surface area contributed by atoms with Gasteiger partial charge in [-0.15, -0.1) is 0 Å². The second-order valence-corrected chi connectivity index (χ2v) is 4.70. The number of anilines is 1. The Morgan fingerprint density at radius 3 is 2.65 bits per heavy atom. The maximum Gasteiger partial charge on any atom is 0.255 e. The largest absolute Gasteiger partial charge is 0.322 e.